The van der Waals surface area contributed by atoms with Gasteiger partial charge in [-0.1, -0.05) is 18.2 Å². The number of methoxy groups -OCH3 is 1. The third-order valence-corrected chi connectivity index (χ3v) is 5.66. The van der Waals surface area contributed by atoms with E-state index in [-0.39, 0.29) is 28.3 Å². The maximum Gasteiger partial charge on any atom is 0.416 e. The minimum Gasteiger partial charge on any atom is -0.495 e. The highest BCUT2D eigenvalue weighted by molar-refractivity contribution is 7.89. The molecule has 1 N–H and O–H groups in total. The first-order chi connectivity index (χ1) is 12.9. The predicted molar refractivity (Wildman–Crippen MR) is 97.6 cm³/mol. The molecule has 0 aliphatic rings. The van der Waals surface area contributed by atoms with E-state index < -0.39 is 27.7 Å². The molecule has 152 valence electrons. The molecule has 0 spiro atoms. The maximum absolute atomic E-state index is 12.8. The van der Waals surface area contributed by atoms with Crippen molar-refractivity contribution in [3.8, 4) is 5.75 Å². The lowest BCUT2D eigenvalue weighted by Gasteiger charge is -2.16. The van der Waals surface area contributed by atoms with Crippen molar-refractivity contribution in [1.82, 2.24) is 4.31 Å². The summed E-state index contributed by atoms with van der Waals surface area (Å²) in [4.78, 5) is 12.1. The number of anilines is 1. The van der Waals surface area contributed by atoms with Gasteiger partial charge >= 0.3 is 6.18 Å². The summed E-state index contributed by atoms with van der Waals surface area (Å²) in [5.41, 5.74) is -0.484. The summed E-state index contributed by atoms with van der Waals surface area (Å²) >= 11 is 0. The molecule has 2 rings (SSSR count). The number of amides is 1. The molecule has 0 unspecified atom stereocenters. The molecule has 2 aromatic carbocycles. The van der Waals surface area contributed by atoms with Gasteiger partial charge in [0.05, 0.1) is 19.1 Å². The van der Waals surface area contributed by atoms with Gasteiger partial charge in [0.1, 0.15) is 10.6 Å². The van der Waals surface area contributed by atoms with Gasteiger partial charge in [-0.25, -0.2) is 12.7 Å². The molecular formula is C18H19F3N2O4S. The van der Waals surface area contributed by atoms with Crippen LogP contribution in [0.1, 0.15) is 11.1 Å². The molecule has 0 saturated carbocycles. The summed E-state index contributed by atoms with van der Waals surface area (Å²) in [7, 11) is 0.198. The number of ether oxygens (including phenoxy) is 1. The van der Waals surface area contributed by atoms with E-state index in [4.69, 9.17) is 4.74 Å². The highest BCUT2D eigenvalue weighted by Crippen LogP contribution is 2.30. The molecule has 0 atom stereocenters. The number of rotatable bonds is 6. The lowest BCUT2D eigenvalue weighted by molar-refractivity contribution is -0.137. The Morgan fingerprint density at radius 1 is 1.14 bits per heavy atom. The van der Waals surface area contributed by atoms with Gasteiger partial charge in [0.15, 0.2) is 0 Å². The van der Waals surface area contributed by atoms with E-state index in [1.165, 1.54) is 51.5 Å². The maximum atomic E-state index is 12.8. The van der Waals surface area contributed by atoms with E-state index in [2.05, 4.69) is 5.32 Å². The normalized spacial score (nSPS) is 12.1. The molecule has 1 amide bonds. The van der Waals surface area contributed by atoms with Crippen LogP contribution in [0.4, 0.5) is 18.9 Å². The van der Waals surface area contributed by atoms with Crippen molar-refractivity contribution in [2.75, 3.05) is 26.5 Å². The number of sulfonamides is 1. The number of hydrogen-bond donors (Lipinski definition) is 1. The van der Waals surface area contributed by atoms with Crippen molar-refractivity contribution < 1.29 is 31.1 Å². The quantitative estimate of drug-likeness (QED) is 0.785. The van der Waals surface area contributed by atoms with E-state index in [1.807, 2.05) is 0 Å². The Bertz CT molecular complexity index is 973. The molecule has 0 bridgehead atoms. The highest BCUT2D eigenvalue weighted by Gasteiger charge is 2.30. The topological polar surface area (TPSA) is 75.7 Å². The Labute approximate surface area is 161 Å². The number of carbonyl (C=O) groups is 1. The van der Waals surface area contributed by atoms with E-state index in [1.54, 1.807) is 0 Å². The van der Waals surface area contributed by atoms with E-state index in [9.17, 15) is 26.4 Å². The lowest BCUT2D eigenvalue weighted by atomic mass is 10.1. The Morgan fingerprint density at radius 3 is 2.39 bits per heavy atom. The van der Waals surface area contributed by atoms with Gasteiger partial charge in [0, 0.05) is 19.8 Å². The second-order valence-corrected chi connectivity index (χ2v) is 8.20. The lowest BCUT2D eigenvalue weighted by Crippen LogP contribution is -2.23. The molecule has 0 aliphatic carbocycles. The number of nitrogens with zero attached hydrogens (tertiary/aromatic N) is 1. The Balaban J connectivity index is 2.23. The molecule has 0 aromatic heterocycles. The molecular weight excluding hydrogens is 397 g/mol. The monoisotopic (exact) mass is 416 g/mol. The third kappa shape index (κ3) is 5.02. The second kappa shape index (κ2) is 8.19. The van der Waals surface area contributed by atoms with Crippen LogP contribution in [-0.2, 0) is 27.4 Å². The van der Waals surface area contributed by atoms with Crippen molar-refractivity contribution in [1.29, 1.82) is 0 Å². The molecule has 0 aliphatic heterocycles. The minimum atomic E-state index is -4.50. The van der Waals surface area contributed by atoms with E-state index in [0.717, 1.165) is 16.4 Å². The van der Waals surface area contributed by atoms with Gasteiger partial charge in [0.25, 0.3) is 0 Å². The van der Waals surface area contributed by atoms with Gasteiger partial charge in [-0.2, -0.15) is 13.2 Å². The summed E-state index contributed by atoms with van der Waals surface area (Å²) in [5, 5.41) is 2.49. The van der Waals surface area contributed by atoms with Crippen LogP contribution in [0.25, 0.3) is 0 Å². The van der Waals surface area contributed by atoms with Crippen LogP contribution in [0.15, 0.2) is 47.4 Å². The van der Waals surface area contributed by atoms with Gasteiger partial charge in [-0.05, 0) is 29.8 Å². The Hall–Kier alpha value is -2.59. The number of alkyl halides is 3. The van der Waals surface area contributed by atoms with Gasteiger partial charge in [0.2, 0.25) is 15.9 Å². The number of nitrogens with one attached hydrogen (secondary N) is 1. The van der Waals surface area contributed by atoms with Gasteiger partial charge in [-0.15, -0.1) is 0 Å². The van der Waals surface area contributed by atoms with Crippen LogP contribution < -0.4 is 10.1 Å². The number of benzene rings is 2. The summed E-state index contributed by atoms with van der Waals surface area (Å²) < 4.78 is 69.2. The Kier molecular flexibility index (Phi) is 6.35. The van der Waals surface area contributed by atoms with Crippen molar-refractivity contribution in [3.05, 3.63) is 53.6 Å². The smallest absolute Gasteiger partial charge is 0.416 e. The zero-order chi connectivity index (χ0) is 21.1. The SMILES string of the molecule is COc1ccc(NC(=O)Cc2cccc(C(F)(F)F)c2)cc1S(=O)(=O)N(C)C. The number of carbonyl (C=O) groups excluding carboxylic acids is 1. The molecule has 28 heavy (non-hydrogen) atoms. The highest BCUT2D eigenvalue weighted by atomic mass is 32.2. The molecule has 0 radical (unpaired) electrons. The standard InChI is InChI=1S/C18H19F3N2O4S/c1-23(2)28(25,26)16-11-14(7-8-15(16)27-3)22-17(24)10-12-5-4-6-13(9-12)18(19,20)21/h4-9,11H,10H2,1-3H3,(H,22,24). The Morgan fingerprint density at radius 2 is 1.82 bits per heavy atom. The first-order valence-electron chi connectivity index (χ1n) is 8.01. The first-order valence-corrected chi connectivity index (χ1v) is 9.45. The van der Waals surface area contributed by atoms with Crippen molar-refractivity contribution in [2.24, 2.45) is 0 Å². The van der Waals surface area contributed by atoms with Crippen molar-refractivity contribution in [2.45, 2.75) is 17.5 Å². The summed E-state index contributed by atoms with van der Waals surface area (Å²) in [6.45, 7) is 0. The fourth-order valence-corrected chi connectivity index (χ4v) is 3.48. The molecule has 0 fully saturated rings. The first kappa shape index (κ1) is 21.7. The van der Waals surface area contributed by atoms with Crippen LogP contribution >= 0.6 is 0 Å². The van der Waals surface area contributed by atoms with Gasteiger partial charge < -0.3 is 10.1 Å². The average Bonchev–Trinajstić information content (AvgIpc) is 2.61. The summed E-state index contributed by atoms with van der Waals surface area (Å²) in [6.07, 6.45) is -4.80. The van der Waals surface area contributed by atoms with Crippen LogP contribution in [-0.4, -0.2) is 39.8 Å². The van der Waals surface area contributed by atoms with E-state index in [0.29, 0.717) is 0 Å². The van der Waals surface area contributed by atoms with Gasteiger partial charge in [-0.3, -0.25) is 4.79 Å². The largest absolute Gasteiger partial charge is 0.495 e. The molecule has 6 nitrogen and oxygen atoms in total. The second-order valence-electron chi connectivity index (χ2n) is 6.08. The van der Waals surface area contributed by atoms with Crippen LogP contribution in [0.2, 0.25) is 0 Å². The molecule has 2 aromatic rings. The fourth-order valence-electron chi connectivity index (χ4n) is 2.40. The zero-order valence-corrected chi connectivity index (χ0v) is 16.2. The zero-order valence-electron chi connectivity index (χ0n) is 15.4. The fraction of sp³-hybridized carbons (Fsp3) is 0.278. The molecule has 10 heteroatoms. The predicted octanol–water partition coefficient (Wildman–Crippen LogP) is 3.15. The van der Waals surface area contributed by atoms with Crippen LogP contribution in [0.3, 0.4) is 0 Å². The number of hydrogen-bond acceptors (Lipinski definition) is 4. The summed E-state index contributed by atoms with van der Waals surface area (Å²) in [6, 6.07) is 8.51. The molecule has 0 heterocycles. The number of halogens is 3. The van der Waals surface area contributed by atoms with Crippen molar-refractivity contribution >= 4 is 21.6 Å². The van der Waals surface area contributed by atoms with Crippen LogP contribution in [0, 0.1) is 0 Å². The van der Waals surface area contributed by atoms with E-state index >= 15 is 0 Å². The molecule has 0 saturated heterocycles. The van der Waals surface area contributed by atoms with Crippen LogP contribution in [0.5, 0.6) is 5.75 Å². The average molecular weight is 416 g/mol. The minimum absolute atomic E-state index is 0.101. The van der Waals surface area contributed by atoms with Crippen molar-refractivity contribution in [3.63, 3.8) is 0 Å². The summed E-state index contributed by atoms with van der Waals surface area (Å²) in [5.74, 6) is -0.484. The third-order valence-electron chi connectivity index (χ3n) is 3.82.